The molecule has 0 saturated heterocycles. The smallest absolute Gasteiger partial charge is 0.242 e. The van der Waals surface area contributed by atoms with Gasteiger partial charge in [-0.05, 0) is 43.0 Å². The van der Waals surface area contributed by atoms with Crippen LogP contribution in [0.3, 0.4) is 0 Å². The highest BCUT2D eigenvalue weighted by Gasteiger charge is 2.28. The van der Waals surface area contributed by atoms with E-state index in [9.17, 15) is 9.59 Å². The summed E-state index contributed by atoms with van der Waals surface area (Å²) < 4.78 is 0. The van der Waals surface area contributed by atoms with Gasteiger partial charge in [0.2, 0.25) is 11.8 Å². The molecule has 0 heterocycles. The summed E-state index contributed by atoms with van der Waals surface area (Å²) in [4.78, 5) is 27.9. The normalized spacial score (nSPS) is 11.8. The molecule has 2 aromatic rings. The second kappa shape index (κ2) is 13.8. The predicted octanol–water partition coefficient (Wildman–Crippen LogP) is 6.26. The highest BCUT2D eigenvalue weighted by atomic mass is 35.5. The first-order chi connectivity index (χ1) is 15.3. The molecule has 1 N–H and O–H groups in total. The minimum Gasteiger partial charge on any atom is -0.354 e. The number of thioether (sulfide) groups is 1. The number of hydrogen-bond donors (Lipinski definition) is 1. The summed E-state index contributed by atoms with van der Waals surface area (Å²) in [5.74, 6) is 0.788. The Morgan fingerprint density at radius 3 is 2.50 bits per heavy atom. The summed E-state index contributed by atoms with van der Waals surface area (Å²) in [6.07, 6.45) is 2.49. The number of aryl methyl sites for hydroxylation is 1. The third kappa shape index (κ3) is 8.34. The van der Waals surface area contributed by atoms with Crippen LogP contribution in [0.2, 0.25) is 10.0 Å². The predicted molar refractivity (Wildman–Crippen MR) is 136 cm³/mol. The molecule has 0 radical (unpaired) electrons. The van der Waals surface area contributed by atoms with E-state index in [0.717, 1.165) is 29.5 Å². The second-order valence-electron chi connectivity index (χ2n) is 7.82. The molecule has 1 atom stereocenters. The molecule has 4 nitrogen and oxygen atoms in total. The molecule has 0 unspecified atom stereocenters. The van der Waals surface area contributed by atoms with E-state index in [2.05, 4.69) is 18.3 Å². The van der Waals surface area contributed by atoms with Crippen LogP contribution in [-0.2, 0) is 21.9 Å². The number of benzene rings is 2. The molecule has 0 bridgehead atoms. The molecule has 0 aliphatic heterocycles. The molecular weight excluding hydrogens is 463 g/mol. The number of amides is 2. The molecule has 0 fully saturated rings. The highest BCUT2D eigenvalue weighted by Crippen LogP contribution is 2.25. The monoisotopic (exact) mass is 494 g/mol. The lowest BCUT2D eigenvalue weighted by Crippen LogP contribution is -2.49. The third-order valence-electron chi connectivity index (χ3n) is 5.13. The van der Waals surface area contributed by atoms with Crippen molar-refractivity contribution in [3.05, 3.63) is 69.2 Å². The number of hydrogen-bond acceptors (Lipinski definition) is 3. The Morgan fingerprint density at radius 1 is 1.06 bits per heavy atom. The van der Waals surface area contributed by atoms with Crippen molar-refractivity contribution in [3.63, 3.8) is 0 Å². The van der Waals surface area contributed by atoms with Crippen LogP contribution in [0.25, 0.3) is 0 Å². The third-order valence-corrected chi connectivity index (χ3v) is 6.86. The van der Waals surface area contributed by atoms with E-state index >= 15 is 0 Å². The fourth-order valence-electron chi connectivity index (χ4n) is 3.40. The number of halogens is 2. The Balaban J connectivity index is 2.11. The van der Waals surface area contributed by atoms with Gasteiger partial charge in [0.25, 0.3) is 0 Å². The standard InChI is InChI=1S/C25H32Cl2N2O2S/c1-4-6-12-28-25(31)23(5-2)29(15-19-9-7-8-18(3)13-19)24(30)17-32-16-20-10-11-21(26)22(27)14-20/h7-11,13-14,23H,4-6,12,15-17H2,1-3H3,(H,28,31)/t23-/m1/s1. The molecular formula is C25H32Cl2N2O2S. The van der Waals surface area contributed by atoms with E-state index in [1.165, 1.54) is 11.8 Å². The molecule has 0 aliphatic carbocycles. The van der Waals surface area contributed by atoms with Crippen molar-refractivity contribution in [2.45, 2.75) is 58.4 Å². The van der Waals surface area contributed by atoms with Crippen molar-refractivity contribution < 1.29 is 9.59 Å². The number of rotatable bonds is 12. The van der Waals surface area contributed by atoms with Gasteiger partial charge in [-0.25, -0.2) is 0 Å². The van der Waals surface area contributed by atoms with Crippen LogP contribution in [0.1, 0.15) is 49.8 Å². The second-order valence-corrected chi connectivity index (χ2v) is 9.62. The Hall–Kier alpha value is -1.69. The van der Waals surface area contributed by atoms with Crippen LogP contribution in [0.5, 0.6) is 0 Å². The first-order valence-electron chi connectivity index (χ1n) is 11.0. The highest BCUT2D eigenvalue weighted by molar-refractivity contribution is 7.99. The lowest BCUT2D eigenvalue weighted by Gasteiger charge is -2.30. The van der Waals surface area contributed by atoms with Gasteiger partial charge in [0.05, 0.1) is 15.8 Å². The molecule has 0 aliphatic rings. The van der Waals surface area contributed by atoms with E-state index in [-0.39, 0.29) is 17.6 Å². The van der Waals surface area contributed by atoms with Crippen molar-refractivity contribution in [3.8, 4) is 0 Å². The maximum Gasteiger partial charge on any atom is 0.242 e. The summed E-state index contributed by atoms with van der Waals surface area (Å²) in [7, 11) is 0. The SMILES string of the molecule is CCCCNC(=O)[C@@H](CC)N(Cc1cccc(C)c1)C(=O)CSCc1ccc(Cl)c(Cl)c1. The zero-order chi connectivity index (χ0) is 23.5. The Kier molecular flexibility index (Phi) is 11.4. The van der Waals surface area contributed by atoms with Gasteiger partial charge in [-0.1, -0.05) is 79.4 Å². The van der Waals surface area contributed by atoms with Crippen LogP contribution in [0.4, 0.5) is 0 Å². The molecule has 0 saturated carbocycles. The Bertz CT molecular complexity index is 907. The van der Waals surface area contributed by atoms with E-state index in [1.54, 1.807) is 11.0 Å². The molecule has 0 spiro atoms. The molecule has 0 aromatic heterocycles. The fraction of sp³-hybridized carbons (Fsp3) is 0.440. The van der Waals surface area contributed by atoms with Crippen molar-refractivity contribution in [2.24, 2.45) is 0 Å². The zero-order valence-corrected chi connectivity index (χ0v) is 21.3. The number of carbonyl (C=O) groups excluding carboxylic acids is 2. The molecule has 7 heteroatoms. The summed E-state index contributed by atoms with van der Waals surface area (Å²) in [6.45, 7) is 7.10. The summed E-state index contributed by atoms with van der Waals surface area (Å²) in [6, 6.07) is 13.1. The molecule has 32 heavy (non-hydrogen) atoms. The average Bonchev–Trinajstić information content (AvgIpc) is 2.76. The number of unbranched alkanes of at least 4 members (excludes halogenated alkanes) is 1. The van der Waals surface area contributed by atoms with E-state index < -0.39 is 6.04 Å². The van der Waals surface area contributed by atoms with Gasteiger partial charge in [-0.15, -0.1) is 11.8 Å². The lowest BCUT2D eigenvalue weighted by atomic mass is 10.1. The summed E-state index contributed by atoms with van der Waals surface area (Å²) >= 11 is 13.6. The maximum absolute atomic E-state index is 13.3. The van der Waals surface area contributed by atoms with Crippen LogP contribution in [-0.4, -0.2) is 35.1 Å². The van der Waals surface area contributed by atoms with Crippen molar-refractivity contribution in [2.75, 3.05) is 12.3 Å². The van der Waals surface area contributed by atoms with Crippen LogP contribution in [0.15, 0.2) is 42.5 Å². The van der Waals surface area contributed by atoms with Gasteiger partial charge in [0.1, 0.15) is 6.04 Å². The van der Waals surface area contributed by atoms with Gasteiger partial charge in [-0.2, -0.15) is 0 Å². The maximum atomic E-state index is 13.3. The molecule has 174 valence electrons. The average molecular weight is 496 g/mol. The van der Waals surface area contributed by atoms with Gasteiger partial charge in [-0.3, -0.25) is 9.59 Å². The fourth-order valence-corrected chi connectivity index (χ4v) is 4.58. The lowest BCUT2D eigenvalue weighted by molar-refractivity contribution is -0.139. The number of carbonyl (C=O) groups is 2. The van der Waals surface area contributed by atoms with Crippen LogP contribution in [0, 0.1) is 6.92 Å². The van der Waals surface area contributed by atoms with Gasteiger partial charge >= 0.3 is 0 Å². The van der Waals surface area contributed by atoms with Gasteiger partial charge in [0, 0.05) is 18.8 Å². The quantitative estimate of drug-likeness (QED) is 0.354. The Labute approximate surface area is 206 Å². The molecule has 2 aromatic carbocycles. The molecule has 2 amide bonds. The zero-order valence-electron chi connectivity index (χ0n) is 19.0. The minimum absolute atomic E-state index is 0.0472. The summed E-state index contributed by atoms with van der Waals surface area (Å²) in [5, 5.41) is 4.01. The number of nitrogens with one attached hydrogen (secondary N) is 1. The van der Waals surface area contributed by atoms with Crippen LogP contribution >= 0.6 is 35.0 Å². The molecule has 2 rings (SSSR count). The van der Waals surface area contributed by atoms with E-state index in [0.29, 0.717) is 35.3 Å². The van der Waals surface area contributed by atoms with Crippen LogP contribution < -0.4 is 5.32 Å². The van der Waals surface area contributed by atoms with Crippen molar-refractivity contribution in [1.82, 2.24) is 10.2 Å². The Morgan fingerprint density at radius 2 is 1.84 bits per heavy atom. The van der Waals surface area contributed by atoms with E-state index in [1.807, 2.05) is 44.2 Å². The topological polar surface area (TPSA) is 49.4 Å². The number of nitrogens with zero attached hydrogens (tertiary/aromatic N) is 1. The van der Waals surface area contributed by atoms with E-state index in [4.69, 9.17) is 23.2 Å². The van der Waals surface area contributed by atoms with Crippen molar-refractivity contribution in [1.29, 1.82) is 0 Å². The van der Waals surface area contributed by atoms with Gasteiger partial charge < -0.3 is 10.2 Å². The largest absolute Gasteiger partial charge is 0.354 e. The van der Waals surface area contributed by atoms with Crippen molar-refractivity contribution >= 4 is 46.8 Å². The summed E-state index contributed by atoms with van der Waals surface area (Å²) in [5.41, 5.74) is 3.16. The van der Waals surface area contributed by atoms with Gasteiger partial charge in [0.15, 0.2) is 0 Å². The first-order valence-corrected chi connectivity index (χ1v) is 12.9. The minimum atomic E-state index is -0.495. The first kappa shape index (κ1) is 26.6.